The topological polar surface area (TPSA) is 29.5 Å². The summed E-state index contributed by atoms with van der Waals surface area (Å²) in [6.07, 6.45) is 0. The fourth-order valence-corrected chi connectivity index (χ4v) is 0.743. The fraction of sp³-hybridized carbons (Fsp3) is 0.455. The number of rotatable bonds is 3. The maximum Gasteiger partial charge on any atom is 0.0697 e. The highest BCUT2D eigenvalue weighted by atomic mass is 16.5. The van der Waals surface area contributed by atoms with Gasteiger partial charge in [0.15, 0.2) is 0 Å². The number of hydrogen-bond acceptors (Lipinski definition) is 2. The molecule has 1 rings (SSSR count). The average Bonchev–Trinajstić information content (AvgIpc) is 2.17. The normalized spacial score (nSPS) is 8.85. The molecule has 0 bridgehead atoms. The average molecular weight is 182 g/mol. The number of ether oxygens (including phenoxy) is 1. The van der Waals surface area contributed by atoms with Crippen LogP contribution in [0.1, 0.15) is 12.5 Å². The third-order valence-electron chi connectivity index (χ3n) is 1.38. The summed E-state index contributed by atoms with van der Waals surface area (Å²) in [6.45, 7) is 5.28. The molecule has 0 atom stereocenters. The van der Waals surface area contributed by atoms with Crippen LogP contribution in [0.15, 0.2) is 30.3 Å². The lowest BCUT2D eigenvalue weighted by Gasteiger charge is -1.91. The van der Waals surface area contributed by atoms with Crippen molar-refractivity contribution >= 4 is 0 Å². The Morgan fingerprint density at radius 2 is 1.85 bits per heavy atom. The summed E-state index contributed by atoms with van der Waals surface area (Å²) < 4.78 is 4.73. The summed E-state index contributed by atoms with van der Waals surface area (Å²) in [5.41, 5.74) is 1.32. The molecular formula is C11H18O2. The van der Waals surface area contributed by atoms with Crippen LogP contribution in [0.25, 0.3) is 0 Å². The first kappa shape index (κ1) is 12.1. The molecule has 1 N–H and O–H groups in total. The SMILES string of the molecule is CCOCCO.Cc1ccccc1. The molecule has 0 aliphatic rings. The fourth-order valence-electron chi connectivity index (χ4n) is 0.743. The molecule has 0 aliphatic carbocycles. The van der Waals surface area contributed by atoms with Gasteiger partial charge in [0.1, 0.15) is 0 Å². The predicted octanol–water partition coefficient (Wildman–Crippen LogP) is 2.01. The van der Waals surface area contributed by atoms with Gasteiger partial charge in [0, 0.05) is 6.61 Å². The summed E-state index contributed by atoms with van der Waals surface area (Å²) in [6, 6.07) is 10.3. The Hall–Kier alpha value is -0.860. The van der Waals surface area contributed by atoms with E-state index in [1.54, 1.807) is 0 Å². The molecule has 0 fully saturated rings. The third-order valence-corrected chi connectivity index (χ3v) is 1.38. The van der Waals surface area contributed by atoms with Gasteiger partial charge in [-0.15, -0.1) is 0 Å². The standard InChI is InChI=1S/C7H8.C4H10O2/c1-7-5-3-2-4-6-7;1-2-6-4-3-5/h2-6H,1H3;5H,2-4H2,1H3. The van der Waals surface area contributed by atoms with Crippen LogP contribution in [-0.4, -0.2) is 24.9 Å². The van der Waals surface area contributed by atoms with Crippen molar-refractivity contribution < 1.29 is 9.84 Å². The minimum absolute atomic E-state index is 0.133. The van der Waals surface area contributed by atoms with Gasteiger partial charge in [-0.1, -0.05) is 35.9 Å². The minimum Gasteiger partial charge on any atom is -0.394 e. The second kappa shape index (κ2) is 9.23. The first-order valence-electron chi connectivity index (χ1n) is 4.51. The van der Waals surface area contributed by atoms with E-state index in [-0.39, 0.29) is 6.61 Å². The number of aryl methyl sites for hydroxylation is 1. The second-order valence-corrected chi connectivity index (χ2v) is 2.58. The Labute approximate surface area is 80.2 Å². The molecule has 0 amide bonds. The molecule has 2 heteroatoms. The highest BCUT2D eigenvalue weighted by Gasteiger charge is 1.73. The summed E-state index contributed by atoms with van der Waals surface area (Å²) in [4.78, 5) is 0. The molecule has 0 aliphatic heterocycles. The molecule has 0 radical (unpaired) electrons. The van der Waals surface area contributed by atoms with Gasteiger partial charge in [0.05, 0.1) is 13.2 Å². The molecule has 13 heavy (non-hydrogen) atoms. The van der Waals surface area contributed by atoms with Crippen molar-refractivity contribution in [1.29, 1.82) is 0 Å². The Kier molecular flexibility index (Phi) is 8.62. The molecular weight excluding hydrogens is 164 g/mol. The van der Waals surface area contributed by atoms with Gasteiger partial charge in [-0.2, -0.15) is 0 Å². The summed E-state index contributed by atoms with van der Waals surface area (Å²) in [5.74, 6) is 0. The Morgan fingerprint density at radius 3 is 2.08 bits per heavy atom. The van der Waals surface area contributed by atoms with Gasteiger partial charge < -0.3 is 9.84 Å². The molecule has 0 heterocycles. The quantitative estimate of drug-likeness (QED) is 0.725. The van der Waals surface area contributed by atoms with Gasteiger partial charge in [0.25, 0.3) is 0 Å². The maximum absolute atomic E-state index is 8.07. The summed E-state index contributed by atoms with van der Waals surface area (Å²) in [7, 11) is 0. The third kappa shape index (κ3) is 9.05. The van der Waals surface area contributed by atoms with E-state index in [9.17, 15) is 0 Å². The zero-order valence-corrected chi connectivity index (χ0v) is 8.36. The molecule has 74 valence electrons. The lowest BCUT2D eigenvalue weighted by molar-refractivity contribution is 0.102. The van der Waals surface area contributed by atoms with Crippen molar-refractivity contribution in [2.24, 2.45) is 0 Å². The van der Waals surface area contributed by atoms with Crippen LogP contribution in [0.5, 0.6) is 0 Å². The predicted molar refractivity (Wildman–Crippen MR) is 54.8 cm³/mol. The van der Waals surface area contributed by atoms with Crippen LogP contribution in [0.4, 0.5) is 0 Å². The van der Waals surface area contributed by atoms with Gasteiger partial charge >= 0.3 is 0 Å². The lowest BCUT2D eigenvalue weighted by Crippen LogP contribution is -1.96. The number of hydrogen-bond donors (Lipinski definition) is 1. The van der Waals surface area contributed by atoms with Gasteiger partial charge in [-0.25, -0.2) is 0 Å². The van der Waals surface area contributed by atoms with Crippen LogP contribution in [0.3, 0.4) is 0 Å². The molecule has 1 aromatic rings. The van der Waals surface area contributed by atoms with Crippen molar-refractivity contribution in [3.63, 3.8) is 0 Å². The molecule has 0 unspecified atom stereocenters. The van der Waals surface area contributed by atoms with Crippen molar-refractivity contribution in [2.75, 3.05) is 19.8 Å². The van der Waals surface area contributed by atoms with E-state index in [0.717, 1.165) is 0 Å². The highest BCUT2D eigenvalue weighted by Crippen LogP contribution is 1.92. The molecule has 0 saturated carbocycles. The van der Waals surface area contributed by atoms with Crippen molar-refractivity contribution in [3.8, 4) is 0 Å². The Bertz CT molecular complexity index is 181. The Balaban J connectivity index is 0.000000226. The largest absolute Gasteiger partial charge is 0.394 e. The van der Waals surface area contributed by atoms with E-state index >= 15 is 0 Å². The molecule has 0 aromatic heterocycles. The number of benzene rings is 1. The van der Waals surface area contributed by atoms with Crippen LogP contribution in [0.2, 0.25) is 0 Å². The minimum atomic E-state index is 0.133. The first-order valence-corrected chi connectivity index (χ1v) is 4.51. The zero-order chi connectivity index (χ0) is 9.94. The lowest BCUT2D eigenvalue weighted by atomic mass is 10.2. The highest BCUT2D eigenvalue weighted by molar-refractivity contribution is 5.11. The van der Waals surface area contributed by atoms with Crippen molar-refractivity contribution in [3.05, 3.63) is 35.9 Å². The molecule has 0 saturated heterocycles. The summed E-state index contributed by atoms with van der Waals surface area (Å²) in [5, 5.41) is 8.07. The van der Waals surface area contributed by atoms with E-state index < -0.39 is 0 Å². The number of aliphatic hydroxyl groups is 1. The molecule has 1 aromatic carbocycles. The van der Waals surface area contributed by atoms with E-state index in [4.69, 9.17) is 9.84 Å². The monoisotopic (exact) mass is 182 g/mol. The smallest absolute Gasteiger partial charge is 0.0697 e. The van der Waals surface area contributed by atoms with E-state index in [1.165, 1.54) is 5.56 Å². The maximum atomic E-state index is 8.07. The van der Waals surface area contributed by atoms with E-state index in [1.807, 2.05) is 25.1 Å². The number of aliphatic hydroxyl groups excluding tert-OH is 1. The first-order chi connectivity index (χ1) is 6.31. The molecule has 0 spiro atoms. The second-order valence-electron chi connectivity index (χ2n) is 2.58. The Morgan fingerprint density at radius 1 is 1.23 bits per heavy atom. The van der Waals surface area contributed by atoms with Crippen molar-refractivity contribution in [2.45, 2.75) is 13.8 Å². The van der Waals surface area contributed by atoms with Crippen LogP contribution in [-0.2, 0) is 4.74 Å². The van der Waals surface area contributed by atoms with Gasteiger partial charge in [0.2, 0.25) is 0 Å². The van der Waals surface area contributed by atoms with Crippen molar-refractivity contribution in [1.82, 2.24) is 0 Å². The van der Waals surface area contributed by atoms with E-state index in [2.05, 4.69) is 19.1 Å². The zero-order valence-electron chi connectivity index (χ0n) is 8.36. The van der Waals surface area contributed by atoms with Crippen LogP contribution < -0.4 is 0 Å². The molecule has 2 nitrogen and oxygen atoms in total. The van der Waals surface area contributed by atoms with E-state index in [0.29, 0.717) is 13.2 Å². The van der Waals surface area contributed by atoms with Gasteiger partial charge in [-0.3, -0.25) is 0 Å². The van der Waals surface area contributed by atoms with Crippen LogP contribution >= 0.6 is 0 Å². The van der Waals surface area contributed by atoms with Gasteiger partial charge in [-0.05, 0) is 13.8 Å². The van der Waals surface area contributed by atoms with Crippen LogP contribution in [0, 0.1) is 6.92 Å². The summed E-state index contributed by atoms with van der Waals surface area (Å²) >= 11 is 0.